The highest BCUT2D eigenvalue weighted by molar-refractivity contribution is 5.93. The fourth-order valence-corrected chi connectivity index (χ4v) is 6.03. The summed E-state index contributed by atoms with van der Waals surface area (Å²) >= 11 is 0. The van der Waals surface area contributed by atoms with E-state index in [0.29, 0.717) is 58.3 Å². The van der Waals surface area contributed by atoms with Crippen LogP contribution in [0.25, 0.3) is 0 Å². The van der Waals surface area contributed by atoms with E-state index in [1.807, 2.05) is 32.0 Å². The van der Waals surface area contributed by atoms with E-state index in [9.17, 15) is 9.59 Å². The molecule has 2 aromatic carbocycles. The standard InChI is InChI=1S/C36H57N3O4/c1-8-17-38(27-35(41)37-36-31(6)15-12-16-32(36)7)18-22-42-24-25-43-23-21-39(19-9-2,20-10-3)28-33(40)26-34-29(4)13-11-14-30(34)5/h11-16H,8-10,17-28H2,1-7H3/p+1. The van der Waals surface area contributed by atoms with Gasteiger partial charge >= 0.3 is 0 Å². The van der Waals surface area contributed by atoms with Gasteiger partial charge in [0, 0.05) is 18.7 Å². The van der Waals surface area contributed by atoms with E-state index in [2.05, 4.69) is 63.0 Å². The number of anilines is 1. The number of ketones is 1. The van der Waals surface area contributed by atoms with Crippen molar-refractivity contribution in [2.24, 2.45) is 0 Å². The van der Waals surface area contributed by atoms with Crippen molar-refractivity contribution in [2.45, 2.75) is 74.1 Å². The number of nitrogens with one attached hydrogen (secondary N) is 1. The van der Waals surface area contributed by atoms with Crippen molar-refractivity contribution >= 4 is 17.4 Å². The maximum absolute atomic E-state index is 13.3. The summed E-state index contributed by atoms with van der Waals surface area (Å²) in [5, 5.41) is 3.09. The molecule has 2 aromatic rings. The number of Topliss-reactive ketones (excluding diaryl/α,β-unsaturated/α-hetero) is 1. The minimum Gasteiger partial charge on any atom is -0.378 e. The van der Waals surface area contributed by atoms with E-state index >= 15 is 0 Å². The summed E-state index contributed by atoms with van der Waals surface area (Å²) in [4.78, 5) is 28.1. The summed E-state index contributed by atoms with van der Waals surface area (Å²) in [6.45, 7) is 22.2. The third-order valence-corrected chi connectivity index (χ3v) is 8.21. The average Bonchev–Trinajstić information content (AvgIpc) is 2.94. The fraction of sp³-hybridized carbons (Fsp3) is 0.611. The number of rotatable bonds is 22. The van der Waals surface area contributed by atoms with Gasteiger partial charge in [0.25, 0.3) is 0 Å². The van der Waals surface area contributed by atoms with E-state index in [1.54, 1.807) is 0 Å². The zero-order valence-electron chi connectivity index (χ0n) is 28.1. The molecule has 0 unspecified atom stereocenters. The summed E-state index contributed by atoms with van der Waals surface area (Å²) in [6, 6.07) is 12.3. The van der Waals surface area contributed by atoms with Crippen molar-refractivity contribution in [2.75, 3.05) is 77.6 Å². The molecule has 0 aromatic heterocycles. The first-order valence-corrected chi connectivity index (χ1v) is 16.3. The zero-order valence-corrected chi connectivity index (χ0v) is 28.1. The Morgan fingerprint density at radius 1 is 0.721 bits per heavy atom. The average molecular weight is 597 g/mol. The second-order valence-corrected chi connectivity index (χ2v) is 12.1. The maximum atomic E-state index is 13.3. The van der Waals surface area contributed by atoms with Crippen LogP contribution in [0.15, 0.2) is 36.4 Å². The van der Waals surface area contributed by atoms with Crippen LogP contribution in [0.3, 0.4) is 0 Å². The van der Waals surface area contributed by atoms with E-state index in [1.165, 1.54) is 16.7 Å². The number of ether oxygens (including phenoxy) is 2. The molecule has 0 radical (unpaired) electrons. The quantitative estimate of drug-likeness (QED) is 0.132. The van der Waals surface area contributed by atoms with Crippen molar-refractivity contribution < 1.29 is 23.5 Å². The Morgan fingerprint density at radius 3 is 1.84 bits per heavy atom. The predicted molar refractivity (Wildman–Crippen MR) is 178 cm³/mol. The Morgan fingerprint density at radius 2 is 1.28 bits per heavy atom. The second kappa shape index (κ2) is 19.6. The van der Waals surface area contributed by atoms with Crippen LogP contribution in [-0.4, -0.2) is 93.3 Å². The van der Waals surface area contributed by atoms with Gasteiger partial charge in [0.05, 0.1) is 46.1 Å². The van der Waals surface area contributed by atoms with Gasteiger partial charge in [0.15, 0.2) is 5.78 Å². The molecule has 0 atom stereocenters. The maximum Gasteiger partial charge on any atom is 0.238 e. The van der Waals surface area contributed by atoms with E-state index in [0.717, 1.165) is 66.7 Å². The highest BCUT2D eigenvalue weighted by Gasteiger charge is 2.29. The minimum atomic E-state index is 0.00229. The Labute approximate surface area is 261 Å². The molecule has 1 amide bonds. The van der Waals surface area contributed by atoms with Gasteiger partial charge in [-0.25, -0.2) is 0 Å². The monoisotopic (exact) mass is 596 g/mol. The SMILES string of the molecule is CCCN(CCOCCOCC[N+](CCC)(CCC)CC(=O)Cc1c(C)cccc1C)CC(=O)Nc1c(C)cccc1C. The molecule has 43 heavy (non-hydrogen) atoms. The predicted octanol–water partition coefficient (Wildman–Crippen LogP) is 6.05. The number of amides is 1. The molecule has 0 aliphatic rings. The number of hydrogen-bond acceptors (Lipinski definition) is 5. The largest absolute Gasteiger partial charge is 0.378 e. The van der Waals surface area contributed by atoms with E-state index in [4.69, 9.17) is 9.47 Å². The Bertz CT molecular complexity index is 1090. The summed E-state index contributed by atoms with van der Waals surface area (Å²) < 4.78 is 12.7. The van der Waals surface area contributed by atoms with Gasteiger partial charge in [0.1, 0.15) is 13.1 Å². The molecule has 240 valence electrons. The number of nitrogens with zero attached hydrogens (tertiary/aromatic N) is 2. The molecule has 0 saturated carbocycles. The first-order chi connectivity index (χ1) is 20.6. The van der Waals surface area contributed by atoms with Gasteiger partial charge in [-0.2, -0.15) is 0 Å². The molecular weight excluding hydrogens is 538 g/mol. The lowest BCUT2D eigenvalue weighted by Gasteiger charge is -2.38. The van der Waals surface area contributed by atoms with Crippen molar-refractivity contribution in [3.8, 4) is 0 Å². The highest BCUT2D eigenvalue weighted by atomic mass is 16.5. The van der Waals surface area contributed by atoms with Crippen LogP contribution in [0.4, 0.5) is 5.69 Å². The molecule has 1 N–H and O–H groups in total. The van der Waals surface area contributed by atoms with E-state index < -0.39 is 0 Å². The summed E-state index contributed by atoms with van der Waals surface area (Å²) in [6.07, 6.45) is 3.55. The van der Waals surface area contributed by atoms with Crippen LogP contribution in [0, 0.1) is 27.7 Å². The topological polar surface area (TPSA) is 67.9 Å². The number of aryl methyl sites for hydroxylation is 4. The van der Waals surface area contributed by atoms with Crippen LogP contribution in [0.1, 0.15) is 67.9 Å². The molecular formula is C36H58N3O4+. The van der Waals surface area contributed by atoms with Gasteiger partial charge in [-0.05, 0) is 81.3 Å². The summed E-state index contributed by atoms with van der Waals surface area (Å²) in [7, 11) is 0. The summed E-state index contributed by atoms with van der Waals surface area (Å²) in [5.74, 6) is 0.310. The third-order valence-electron chi connectivity index (χ3n) is 8.21. The smallest absolute Gasteiger partial charge is 0.238 e. The van der Waals surface area contributed by atoms with Crippen LogP contribution in [0.5, 0.6) is 0 Å². The lowest BCUT2D eigenvalue weighted by molar-refractivity contribution is -0.921. The lowest BCUT2D eigenvalue weighted by Crippen LogP contribution is -2.54. The van der Waals surface area contributed by atoms with Crippen molar-refractivity contribution in [3.63, 3.8) is 0 Å². The fourth-order valence-electron chi connectivity index (χ4n) is 6.03. The van der Waals surface area contributed by atoms with Crippen LogP contribution >= 0.6 is 0 Å². The minimum absolute atomic E-state index is 0.00229. The number of quaternary nitrogens is 1. The molecule has 0 saturated heterocycles. The van der Waals surface area contributed by atoms with E-state index in [-0.39, 0.29) is 5.91 Å². The number of para-hydroxylation sites is 1. The second-order valence-electron chi connectivity index (χ2n) is 12.1. The van der Waals surface area contributed by atoms with Crippen LogP contribution in [0.2, 0.25) is 0 Å². The van der Waals surface area contributed by atoms with Crippen molar-refractivity contribution in [1.82, 2.24) is 4.90 Å². The molecule has 0 aliphatic heterocycles. The Kier molecular flexibility index (Phi) is 16.7. The third kappa shape index (κ3) is 12.9. The van der Waals surface area contributed by atoms with Gasteiger partial charge < -0.3 is 19.3 Å². The molecule has 7 heteroatoms. The van der Waals surface area contributed by atoms with Gasteiger partial charge in [-0.3, -0.25) is 14.5 Å². The van der Waals surface area contributed by atoms with Gasteiger partial charge in [-0.1, -0.05) is 57.2 Å². The zero-order chi connectivity index (χ0) is 31.7. The molecule has 0 bridgehead atoms. The Hall–Kier alpha value is -2.58. The number of hydrogen-bond donors (Lipinski definition) is 1. The van der Waals surface area contributed by atoms with Gasteiger partial charge in [0.2, 0.25) is 5.91 Å². The first kappa shape index (κ1) is 36.6. The number of benzene rings is 2. The Balaban J connectivity index is 1.76. The molecule has 0 heterocycles. The van der Waals surface area contributed by atoms with Crippen LogP contribution < -0.4 is 5.32 Å². The normalized spacial score (nSPS) is 11.7. The van der Waals surface area contributed by atoms with Crippen molar-refractivity contribution in [3.05, 3.63) is 64.2 Å². The molecule has 7 nitrogen and oxygen atoms in total. The lowest BCUT2D eigenvalue weighted by atomic mass is 9.97. The molecule has 0 fully saturated rings. The number of carbonyl (C=O) groups excluding carboxylic acids is 2. The van der Waals surface area contributed by atoms with Crippen LogP contribution in [-0.2, 0) is 25.5 Å². The van der Waals surface area contributed by atoms with Gasteiger partial charge in [-0.15, -0.1) is 0 Å². The molecule has 0 aliphatic carbocycles. The highest BCUT2D eigenvalue weighted by Crippen LogP contribution is 2.19. The molecule has 0 spiro atoms. The number of carbonyl (C=O) groups is 2. The van der Waals surface area contributed by atoms with Crippen molar-refractivity contribution in [1.29, 1.82) is 0 Å². The summed E-state index contributed by atoms with van der Waals surface area (Å²) in [5.41, 5.74) is 6.61. The molecule has 2 rings (SSSR count). The first-order valence-electron chi connectivity index (χ1n) is 16.3.